The van der Waals surface area contributed by atoms with Crippen molar-refractivity contribution in [1.82, 2.24) is 25.3 Å². The number of aliphatic imine (C=N–C) groups is 1. The largest absolute Gasteiger partial charge is 0.352 e. The number of hydrogen-bond donors (Lipinski definition) is 2. The Morgan fingerprint density at radius 2 is 1.91 bits per heavy atom. The fourth-order valence-corrected chi connectivity index (χ4v) is 2.36. The van der Waals surface area contributed by atoms with Crippen molar-refractivity contribution in [3.8, 4) is 0 Å². The molecular formula is C17H26N6. The molecule has 0 saturated heterocycles. The number of aryl methyl sites for hydroxylation is 1. The van der Waals surface area contributed by atoms with Crippen molar-refractivity contribution in [2.45, 2.75) is 19.6 Å². The zero-order chi connectivity index (χ0) is 16.7. The minimum Gasteiger partial charge on any atom is -0.352 e. The second-order valence-corrected chi connectivity index (χ2v) is 5.78. The van der Waals surface area contributed by atoms with Gasteiger partial charge in [-0.3, -0.25) is 9.67 Å². The first-order valence-electron chi connectivity index (χ1n) is 7.72. The van der Waals surface area contributed by atoms with Gasteiger partial charge in [0.2, 0.25) is 0 Å². The number of hydrogen-bond acceptors (Lipinski definition) is 3. The van der Waals surface area contributed by atoms with Crippen LogP contribution in [0.2, 0.25) is 0 Å². The highest BCUT2D eigenvalue weighted by Gasteiger charge is 2.02. The Morgan fingerprint density at radius 3 is 2.57 bits per heavy atom. The molecule has 0 spiro atoms. The molecular weight excluding hydrogens is 288 g/mol. The van der Waals surface area contributed by atoms with Crippen LogP contribution < -0.4 is 10.6 Å². The van der Waals surface area contributed by atoms with E-state index in [1.54, 1.807) is 13.2 Å². The van der Waals surface area contributed by atoms with E-state index in [9.17, 15) is 0 Å². The second-order valence-electron chi connectivity index (χ2n) is 5.78. The van der Waals surface area contributed by atoms with Crippen molar-refractivity contribution in [3.63, 3.8) is 0 Å². The van der Waals surface area contributed by atoms with Crippen molar-refractivity contribution >= 4 is 5.96 Å². The maximum Gasteiger partial charge on any atom is 0.191 e. The van der Waals surface area contributed by atoms with Gasteiger partial charge >= 0.3 is 0 Å². The van der Waals surface area contributed by atoms with Gasteiger partial charge in [-0.1, -0.05) is 24.3 Å². The van der Waals surface area contributed by atoms with Crippen molar-refractivity contribution in [2.75, 3.05) is 21.1 Å². The lowest BCUT2D eigenvalue weighted by Gasteiger charge is -2.14. The Labute approximate surface area is 138 Å². The number of guanidine groups is 1. The average molecular weight is 314 g/mol. The molecule has 2 aromatic rings. The lowest BCUT2D eigenvalue weighted by atomic mass is 10.1. The third-order valence-corrected chi connectivity index (χ3v) is 3.53. The fraction of sp³-hybridized carbons (Fsp3) is 0.412. The predicted octanol–water partition coefficient (Wildman–Crippen LogP) is 1.35. The second kappa shape index (κ2) is 8.33. The zero-order valence-corrected chi connectivity index (χ0v) is 14.4. The molecule has 0 aliphatic rings. The monoisotopic (exact) mass is 314 g/mol. The summed E-state index contributed by atoms with van der Waals surface area (Å²) in [5.41, 5.74) is 3.67. The number of aromatic nitrogens is 2. The SMILES string of the molecule is CN=C(NCc1cccc(CN(C)C)c1)NCc1ccnn1C. The van der Waals surface area contributed by atoms with Crippen LogP contribution in [-0.4, -0.2) is 41.8 Å². The van der Waals surface area contributed by atoms with Crippen molar-refractivity contribution < 1.29 is 0 Å². The zero-order valence-electron chi connectivity index (χ0n) is 14.4. The van der Waals surface area contributed by atoms with Crippen LogP contribution in [0, 0.1) is 0 Å². The minimum atomic E-state index is 0.691. The molecule has 1 aromatic heterocycles. The standard InChI is InChI=1S/C17H26N6/c1-18-17(20-12-16-8-9-21-23(16)4)19-11-14-6-5-7-15(10-14)13-22(2)3/h5-10H,11-13H2,1-4H3,(H2,18,19,20). The van der Waals surface area contributed by atoms with E-state index in [2.05, 4.69) is 64.0 Å². The number of rotatable bonds is 6. The molecule has 0 unspecified atom stereocenters. The van der Waals surface area contributed by atoms with Crippen LogP contribution in [0.5, 0.6) is 0 Å². The first-order chi connectivity index (χ1) is 11.1. The summed E-state index contributed by atoms with van der Waals surface area (Å²) in [5.74, 6) is 0.782. The van der Waals surface area contributed by atoms with Gasteiger partial charge in [-0.05, 0) is 31.3 Å². The van der Waals surface area contributed by atoms with Crippen LogP contribution in [0.25, 0.3) is 0 Å². The van der Waals surface area contributed by atoms with Crippen molar-refractivity contribution in [3.05, 3.63) is 53.3 Å². The van der Waals surface area contributed by atoms with Crippen LogP contribution >= 0.6 is 0 Å². The molecule has 23 heavy (non-hydrogen) atoms. The highest BCUT2D eigenvalue weighted by atomic mass is 15.3. The quantitative estimate of drug-likeness (QED) is 0.624. The van der Waals surface area contributed by atoms with Gasteiger partial charge in [0.15, 0.2) is 5.96 Å². The molecule has 0 bridgehead atoms. The minimum absolute atomic E-state index is 0.691. The topological polar surface area (TPSA) is 57.5 Å². The van der Waals surface area contributed by atoms with Crippen LogP contribution in [0.1, 0.15) is 16.8 Å². The van der Waals surface area contributed by atoms with Crippen LogP contribution in [0.4, 0.5) is 0 Å². The van der Waals surface area contributed by atoms with Gasteiger partial charge in [0.25, 0.3) is 0 Å². The lowest BCUT2D eigenvalue weighted by molar-refractivity contribution is 0.402. The van der Waals surface area contributed by atoms with E-state index >= 15 is 0 Å². The lowest BCUT2D eigenvalue weighted by Crippen LogP contribution is -2.36. The number of nitrogens with zero attached hydrogens (tertiary/aromatic N) is 4. The molecule has 0 atom stereocenters. The van der Waals surface area contributed by atoms with Crippen LogP contribution in [-0.2, 0) is 26.7 Å². The molecule has 0 fully saturated rings. The molecule has 1 aromatic carbocycles. The molecule has 6 nitrogen and oxygen atoms in total. The van der Waals surface area contributed by atoms with E-state index in [4.69, 9.17) is 0 Å². The maximum atomic E-state index is 4.26. The summed E-state index contributed by atoms with van der Waals surface area (Å²) in [6.07, 6.45) is 1.80. The van der Waals surface area contributed by atoms with Gasteiger partial charge in [-0.25, -0.2) is 0 Å². The molecule has 0 radical (unpaired) electrons. The van der Waals surface area contributed by atoms with Crippen LogP contribution in [0.15, 0.2) is 41.5 Å². The fourth-order valence-electron chi connectivity index (χ4n) is 2.36. The molecule has 0 amide bonds. The summed E-state index contributed by atoms with van der Waals surface area (Å²) in [6, 6.07) is 10.6. The Morgan fingerprint density at radius 1 is 1.17 bits per heavy atom. The van der Waals surface area contributed by atoms with E-state index in [0.29, 0.717) is 6.54 Å². The first kappa shape index (κ1) is 17.0. The summed E-state index contributed by atoms with van der Waals surface area (Å²) in [5, 5.41) is 10.8. The summed E-state index contributed by atoms with van der Waals surface area (Å²) in [4.78, 5) is 6.43. The van der Waals surface area contributed by atoms with Gasteiger partial charge in [0, 0.05) is 33.4 Å². The van der Waals surface area contributed by atoms with Gasteiger partial charge in [-0.15, -0.1) is 0 Å². The van der Waals surface area contributed by atoms with E-state index < -0.39 is 0 Å². The van der Waals surface area contributed by atoms with Gasteiger partial charge in [0.1, 0.15) is 0 Å². The summed E-state index contributed by atoms with van der Waals surface area (Å²) in [6.45, 7) is 2.38. The van der Waals surface area contributed by atoms with Crippen molar-refractivity contribution in [1.29, 1.82) is 0 Å². The van der Waals surface area contributed by atoms with Crippen molar-refractivity contribution in [2.24, 2.45) is 12.0 Å². The summed E-state index contributed by atoms with van der Waals surface area (Å²) in [7, 11) is 7.87. The Hall–Kier alpha value is -2.34. The molecule has 1 heterocycles. The third-order valence-electron chi connectivity index (χ3n) is 3.53. The third kappa shape index (κ3) is 5.41. The highest BCUT2D eigenvalue weighted by Crippen LogP contribution is 2.07. The molecule has 124 valence electrons. The highest BCUT2D eigenvalue weighted by molar-refractivity contribution is 5.79. The maximum absolute atomic E-state index is 4.26. The van der Waals surface area contributed by atoms with E-state index in [0.717, 1.165) is 24.7 Å². The van der Waals surface area contributed by atoms with Gasteiger partial charge in [0.05, 0.1) is 12.2 Å². The first-order valence-corrected chi connectivity index (χ1v) is 7.72. The molecule has 0 aliphatic heterocycles. The van der Waals surface area contributed by atoms with Gasteiger partial charge < -0.3 is 15.5 Å². The normalized spacial score (nSPS) is 11.8. The Balaban J connectivity index is 1.87. The van der Waals surface area contributed by atoms with E-state index in [1.165, 1.54) is 11.1 Å². The molecule has 2 rings (SSSR count). The molecule has 0 aliphatic carbocycles. The molecule has 0 saturated carbocycles. The summed E-state index contributed by atoms with van der Waals surface area (Å²) >= 11 is 0. The Kier molecular flexibility index (Phi) is 6.17. The summed E-state index contributed by atoms with van der Waals surface area (Å²) < 4.78 is 1.85. The number of nitrogens with one attached hydrogen (secondary N) is 2. The van der Waals surface area contributed by atoms with E-state index in [1.807, 2.05) is 17.8 Å². The van der Waals surface area contributed by atoms with Gasteiger partial charge in [-0.2, -0.15) is 5.10 Å². The number of benzene rings is 1. The van der Waals surface area contributed by atoms with E-state index in [-0.39, 0.29) is 0 Å². The Bertz CT molecular complexity index is 644. The average Bonchev–Trinajstić information content (AvgIpc) is 2.92. The molecule has 6 heteroatoms. The predicted molar refractivity (Wildman–Crippen MR) is 94.1 cm³/mol. The smallest absolute Gasteiger partial charge is 0.191 e. The van der Waals surface area contributed by atoms with Crippen LogP contribution in [0.3, 0.4) is 0 Å². The molecule has 2 N–H and O–H groups in total.